The summed E-state index contributed by atoms with van der Waals surface area (Å²) in [6.45, 7) is 3.39. The molecule has 2 N–H and O–H groups in total. The van der Waals surface area contributed by atoms with Crippen molar-refractivity contribution in [3.8, 4) is 0 Å². The van der Waals surface area contributed by atoms with Gasteiger partial charge in [0.15, 0.2) is 0 Å². The van der Waals surface area contributed by atoms with Crippen LogP contribution >= 0.6 is 0 Å². The minimum atomic E-state index is -0.885. The van der Waals surface area contributed by atoms with E-state index in [-0.39, 0.29) is 6.04 Å². The third-order valence-electron chi connectivity index (χ3n) is 1.39. The summed E-state index contributed by atoms with van der Waals surface area (Å²) in [7, 11) is -0.881. The van der Waals surface area contributed by atoms with Gasteiger partial charge in [-0.15, -0.1) is 0 Å². The van der Waals surface area contributed by atoms with Crippen LogP contribution in [0.5, 0.6) is 0 Å². The lowest BCUT2D eigenvalue weighted by atomic mass is 10.3. The lowest BCUT2D eigenvalue weighted by Gasteiger charge is -2.15. The maximum atomic E-state index is 10.7. The quantitative estimate of drug-likeness (QED) is 0.635. The number of carbonyl (C=O) groups is 1. The predicted molar refractivity (Wildman–Crippen MR) is 48.6 cm³/mol. The Hall–Kier alpha value is -0.420. The molecule has 3 atom stereocenters. The Morgan fingerprint density at radius 1 is 1.58 bits per heavy atom. The van der Waals surface area contributed by atoms with Gasteiger partial charge in [0.2, 0.25) is 0 Å². The first-order valence-corrected chi connectivity index (χ1v) is 5.45. The molecule has 0 aliphatic rings. The van der Waals surface area contributed by atoms with Crippen LogP contribution in [0.1, 0.15) is 13.8 Å². The van der Waals surface area contributed by atoms with Gasteiger partial charge in [-0.05, 0) is 13.8 Å². The lowest BCUT2D eigenvalue weighted by molar-refractivity contribution is -0.139. The highest BCUT2D eigenvalue weighted by molar-refractivity contribution is 7.84. The molecule has 0 saturated carbocycles. The molecular weight excluding hydrogens is 178 g/mol. The highest BCUT2D eigenvalue weighted by Crippen LogP contribution is 1.89. The van der Waals surface area contributed by atoms with Gasteiger partial charge in [-0.2, -0.15) is 0 Å². The topological polar surface area (TPSA) is 66.4 Å². The molecule has 0 aliphatic heterocycles. The van der Waals surface area contributed by atoms with Crippen LogP contribution in [0, 0.1) is 0 Å². The van der Waals surface area contributed by atoms with Crippen LogP contribution in [0.15, 0.2) is 0 Å². The van der Waals surface area contributed by atoms with Gasteiger partial charge in [0.25, 0.3) is 0 Å². The van der Waals surface area contributed by atoms with E-state index in [0.29, 0.717) is 5.75 Å². The standard InChI is InChI=1S/C7H15NO3S/c1-5(4-12(3)11)8-6(2)7(9)10/h5-6,8H,4H2,1-3H3,(H,9,10). The second kappa shape index (κ2) is 5.27. The smallest absolute Gasteiger partial charge is 0.320 e. The number of hydrogen-bond acceptors (Lipinski definition) is 3. The molecular formula is C7H15NO3S. The van der Waals surface area contributed by atoms with Crippen LogP contribution in [-0.2, 0) is 15.6 Å². The van der Waals surface area contributed by atoms with Gasteiger partial charge in [-0.25, -0.2) is 0 Å². The normalized spacial score (nSPS) is 18.2. The second-order valence-corrected chi connectivity index (χ2v) is 4.35. The van der Waals surface area contributed by atoms with Crippen molar-refractivity contribution in [2.75, 3.05) is 12.0 Å². The first kappa shape index (κ1) is 11.6. The first-order valence-electron chi connectivity index (χ1n) is 3.72. The van der Waals surface area contributed by atoms with E-state index in [1.54, 1.807) is 13.2 Å². The summed E-state index contributed by atoms with van der Waals surface area (Å²) in [4.78, 5) is 10.4. The van der Waals surface area contributed by atoms with Crippen LogP contribution in [0.3, 0.4) is 0 Å². The summed E-state index contributed by atoms with van der Waals surface area (Å²) in [6.07, 6.45) is 1.60. The molecule has 0 bridgehead atoms. The van der Waals surface area contributed by atoms with Crippen molar-refractivity contribution >= 4 is 16.8 Å². The molecule has 4 nitrogen and oxygen atoms in total. The number of nitrogens with one attached hydrogen (secondary N) is 1. The molecule has 0 aromatic heterocycles. The molecule has 0 amide bonds. The van der Waals surface area contributed by atoms with E-state index in [2.05, 4.69) is 5.32 Å². The molecule has 0 heterocycles. The Labute approximate surface area is 74.8 Å². The van der Waals surface area contributed by atoms with E-state index >= 15 is 0 Å². The molecule has 5 heteroatoms. The monoisotopic (exact) mass is 193 g/mol. The second-order valence-electron chi connectivity index (χ2n) is 2.87. The Balaban J connectivity index is 3.76. The predicted octanol–water partition coefficient (Wildman–Crippen LogP) is -0.184. The summed E-state index contributed by atoms with van der Waals surface area (Å²) >= 11 is 0. The Morgan fingerprint density at radius 2 is 2.08 bits per heavy atom. The molecule has 0 fully saturated rings. The average molecular weight is 193 g/mol. The van der Waals surface area contributed by atoms with Crippen molar-refractivity contribution in [3.63, 3.8) is 0 Å². The van der Waals surface area contributed by atoms with Gasteiger partial charge in [0.1, 0.15) is 6.04 Å². The minimum Gasteiger partial charge on any atom is -0.480 e. The number of hydrogen-bond donors (Lipinski definition) is 2. The van der Waals surface area contributed by atoms with E-state index in [1.165, 1.54) is 0 Å². The SMILES string of the molecule is CC(CS(C)=O)NC(C)C(=O)O. The maximum Gasteiger partial charge on any atom is 0.320 e. The van der Waals surface area contributed by atoms with E-state index in [0.717, 1.165) is 0 Å². The Morgan fingerprint density at radius 3 is 2.42 bits per heavy atom. The molecule has 72 valence electrons. The molecule has 12 heavy (non-hydrogen) atoms. The summed E-state index contributed by atoms with van der Waals surface area (Å²) in [5.74, 6) is -0.402. The summed E-state index contributed by atoms with van der Waals surface area (Å²) in [6, 6.07) is -0.606. The van der Waals surface area contributed by atoms with E-state index < -0.39 is 22.8 Å². The number of aliphatic carboxylic acids is 1. The Kier molecular flexibility index (Phi) is 5.08. The zero-order valence-corrected chi connectivity index (χ0v) is 8.35. The van der Waals surface area contributed by atoms with Gasteiger partial charge < -0.3 is 10.4 Å². The molecule has 0 aliphatic carbocycles. The van der Waals surface area contributed by atoms with Crippen LogP contribution in [0.4, 0.5) is 0 Å². The van der Waals surface area contributed by atoms with Gasteiger partial charge in [0, 0.05) is 28.9 Å². The lowest BCUT2D eigenvalue weighted by Crippen LogP contribution is -2.42. The Bertz CT molecular complexity index is 183. The number of carboxylic acids is 1. The fourth-order valence-electron chi connectivity index (χ4n) is 0.898. The third-order valence-corrected chi connectivity index (χ3v) is 2.36. The van der Waals surface area contributed by atoms with E-state index in [4.69, 9.17) is 5.11 Å². The molecule has 0 aromatic carbocycles. The summed E-state index contributed by atoms with van der Waals surface area (Å²) < 4.78 is 10.7. The summed E-state index contributed by atoms with van der Waals surface area (Å²) in [5.41, 5.74) is 0. The molecule has 3 unspecified atom stereocenters. The highest BCUT2D eigenvalue weighted by Gasteiger charge is 2.13. The largest absolute Gasteiger partial charge is 0.480 e. The van der Waals surface area contributed by atoms with Crippen molar-refractivity contribution < 1.29 is 14.1 Å². The third kappa shape index (κ3) is 5.26. The molecule has 0 aromatic rings. The molecule has 0 saturated heterocycles. The van der Waals surface area contributed by atoms with Crippen molar-refractivity contribution in [2.24, 2.45) is 0 Å². The van der Waals surface area contributed by atoms with Crippen LogP contribution in [0.2, 0.25) is 0 Å². The molecule has 0 spiro atoms. The molecule has 0 radical (unpaired) electrons. The van der Waals surface area contributed by atoms with Crippen LogP contribution < -0.4 is 5.32 Å². The van der Waals surface area contributed by atoms with Crippen LogP contribution in [-0.4, -0.2) is 39.4 Å². The van der Waals surface area contributed by atoms with Crippen molar-refractivity contribution in [3.05, 3.63) is 0 Å². The molecule has 0 rings (SSSR count). The van der Waals surface area contributed by atoms with Crippen molar-refractivity contribution in [1.82, 2.24) is 5.32 Å². The van der Waals surface area contributed by atoms with Crippen molar-refractivity contribution in [2.45, 2.75) is 25.9 Å². The first-order chi connectivity index (χ1) is 5.43. The fourth-order valence-corrected chi connectivity index (χ4v) is 1.70. The van der Waals surface area contributed by atoms with Crippen LogP contribution in [0.25, 0.3) is 0 Å². The van der Waals surface area contributed by atoms with Gasteiger partial charge in [0.05, 0.1) is 0 Å². The zero-order valence-electron chi connectivity index (χ0n) is 7.53. The number of carboxylic acid groups (broad SMARTS) is 1. The summed E-state index contributed by atoms with van der Waals surface area (Å²) in [5, 5.41) is 11.3. The fraction of sp³-hybridized carbons (Fsp3) is 0.857. The zero-order chi connectivity index (χ0) is 9.72. The minimum absolute atomic E-state index is 0.0260. The average Bonchev–Trinajstić information content (AvgIpc) is 1.84. The maximum absolute atomic E-state index is 10.7. The number of rotatable bonds is 5. The van der Waals surface area contributed by atoms with E-state index in [1.807, 2.05) is 6.92 Å². The van der Waals surface area contributed by atoms with Gasteiger partial charge in [-0.3, -0.25) is 9.00 Å². The van der Waals surface area contributed by atoms with Gasteiger partial charge in [-0.1, -0.05) is 0 Å². The van der Waals surface area contributed by atoms with Crippen molar-refractivity contribution in [1.29, 1.82) is 0 Å². The van der Waals surface area contributed by atoms with E-state index in [9.17, 15) is 9.00 Å². The highest BCUT2D eigenvalue weighted by atomic mass is 32.2. The van der Waals surface area contributed by atoms with Gasteiger partial charge >= 0.3 is 5.97 Å².